The highest BCUT2D eigenvalue weighted by atomic mass is 32.2. The second kappa shape index (κ2) is 11.5. The molecule has 0 radical (unpaired) electrons. The average Bonchev–Trinajstić information content (AvgIpc) is 3.10. The van der Waals surface area contributed by atoms with Gasteiger partial charge in [0, 0.05) is 6.42 Å². The number of hydrogen-bond acceptors (Lipinski definition) is 7. The number of anilines is 1. The van der Waals surface area contributed by atoms with Crippen molar-refractivity contribution in [2.24, 2.45) is 15.9 Å². The van der Waals surface area contributed by atoms with E-state index in [1.807, 2.05) is 31.2 Å². The Morgan fingerprint density at radius 1 is 1.09 bits per heavy atom. The van der Waals surface area contributed by atoms with Crippen LogP contribution in [0.3, 0.4) is 0 Å². The predicted octanol–water partition coefficient (Wildman–Crippen LogP) is 3.98. The van der Waals surface area contributed by atoms with Gasteiger partial charge >= 0.3 is 0 Å². The number of hydrogen-bond donors (Lipinski definition) is 1. The summed E-state index contributed by atoms with van der Waals surface area (Å²) < 4.78 is 10.8. The zero-order chi connectivity index (χ0) is 23.8. The van der Waals surface area contributed by atoms with E-state index in [-0.39, 0.29) is 23.4 Å². The van der Waals surface area contributed by atoms with Crippen molar-refractivity contribution in [3.05, 3.63) is 54.1 Å². The van der Waals surface area contributed by atoms with Crippen molar-refractivity contribution in [2.75, 3.05) is 18.6 Å². The van der Waals surface area contributed by atoms with E-state index in [1.165, 1.54) is 4.90 Å². The van der Waals surface area contributed by atoms with E-state index in [1.54, 1.807) is 31.4 Å². The summed E-state index contributed by atoms with van der Waals surface area (Å²) in [6, 6.07) is 14.3. The monoisotopic (exact) mass is 468 g/mol. The number of amidine groups is 1. The van der Waals surface area contributed by atoms with Crippen molar-refractivity contribution in [1.82, 2.24) is 0 Å². The maximum atomic E-state index is 12.9. The van der Waals surface area contributed by atoms with Gasteiger partial charge in [0.2, 0.25) is 11.8 Å². The summed E-state index contributed by atoms with van der Waals surface area (Å²) in [6.07, 6.45) is 2.07. The number of ether oxygens (including phenoxy) is 2. The quantitative estimate of drug-likeness (QED) is 0.196. The van der Waals surface area contributed by atoms with Gasteiger partial charge < -0.3 is 15.2 Å². The summed E-state index contributed by atoms with van der Waals surface area (Å²) in [4.78, 5) is 26.6. The molecule has 0 spiro atoms. The maximum Gasteiger partial charge on any atom is 0.247 e. The second-order valence-electron chi connectivity index (χ2n) is 7.43. The molecule has 2 aromatic carbocycles. The molecule has 1 atom stereocenters. The molecule has 2 amide bonds. The third kappa shape index (κ3) is 6.35. The second-order valence-corrected chi connectivity index (χ2v) is 8.65. The summed E-state index contributed by atoms with van der Waals surface area (Å²) >= 11 is 1.04. The molecule has 1 saturated heterocycles. The van der Waals surface area contributed by atoms with E-state index in [0.29, 0.717) is 23.8 Å². The van der Waals surface area contributed by atoms with Gasteiger partial charge in [-0.15, -0.1) is 5.10 Å². The minimum atomic E-state index is -0.641. The van der Waals surface area contributed by atoms with E-state index < -0.39 is 5.25 Å². The third-order valence-corrected chi connectivity index (χ3v) is 6.01. The smallest absolute Gasteiger partial charge is 0.247 e. The number of nitrogens with zero attached hydrogens (tertiary/aromatic N) is 3. The molecule has 0 aromatic heterocycles. The van der Waals surface area contributed by atoms with Crippen molar-refractivity contribution in [1.29, 1.82) is 0 Å². The molecule has 9 heteroatoms. The molecule has 174 valence electrons. The van der Waals surface area contributed by atoms with Crippen LogP contribution in [0, 0.1) is 0 Å². The lowest BCUT2D eigenvalue weighted by Crippen LogP contribution is -2.31. The number of benzene rings is 2. The van der Waals surface area contributed by atoms with Crippen molar-refractivity contribution >= 4 is 40.1 Å². The summed E-state index contributed by atoms with van der Waals surface area (Å²) in [5.74, 6) is 0.859. The Hall–Kier alpha value is -3.33. The third-order valence-electron chi connectivity index (χ3n) is 5.04. The van der Waals surface area contributed by atoms with Crippen LogP contribution in [-0.2, 0) is 9.59 Å². The van der Waals surface area contributed by atoms with Crippen molar-refractivity contribution in [2.45, 2.75) is 38.4 Å². The van der Waals surface area contributed by atoms with Gasteiger partial charge in [0.1, 0.15) is 16.7 Å². The molecular formula is C24H28N4O4S. The van der Waals surface area contributed by atoms with Crippen LogP contribution in [0.5, 0.6) is 11.5 Å². The van der Waals surface area contributed by atoms with Gasteiger partial charge in [0.15, 0.2) is 5.17 Å². The molecule has 2 N–H and O–H groups in total. The van der Waals surface area contributed by atoms with E-state index in [4.69, 9.17) is 15.2 Å². The number of carbonyl (C=O) groups excluding carboxylic acids is 2. The number of carbonyl (C=O) groups is 2. The van der Waals surface area contributed by atoms with Crippen LogP contribution in [0.15, 0.2) is 58.7 Å². The molecule has 1 aliphatic heterocycles. The highest BCUT2D eigenvalue weighted by molar-refractivity contribution is 8.14. The first-order valence-corrected chi connectivity index (χ1v) is 11.6. The first kappa shape index (κ1) is 24.3. The minimum Gasteiger partial charge on any atom is -0.497 e. The Morgan fingerprint density at radius 3 is 2.39 bits per heavy atom. The van der Waals surface area contributed by atoms with Crippen molar-refractivity contribution in [3.8, 4) is 11.5 Å². The number of rotatable bonds is 9. The minimum absolute atomic E-state index is 0.0512. The van der Waals surface area contributed by atoms with Gasteiger partial charge in [0.05, 0.1) is 25.1 Å². The Balaban J connectivity index is 1.62. The van der Waals surface area contributed by atoms with Crippen molar-refractivity contribution < 1.29 is 19.1 Å². The SMILES string of the molecule is CCCCOc1ccc(N2C(=O)C[C@H](SC(N)=N/N=C(/C)c3ccc(OC)cc3)C2=O)cc1. The fraction of sp³-hybridized carbons (Fsp3) is 0.333. The first-order valence-electron chi connectivity index (χ1n) is 10.7. The summed E-state index contributed by atoms with van der Waals surface area (Å²) in [5.41, 5.74) is 8.03. The molecule has 3 rings (SSSR count). The molecule has 1 heterocycles. The fourth-order valence-electron chi connectivity index (χ4n) is 3.18. The van der Waals surface area contributed by atoms with Crippen molar-refractivity contribution in [3.63, 3.8) is 0 Å². The molecule has 0 bridgehead atoms. The largest absolute Gasteiger partial charge is 0.497 e. The normalized spacial score (nSPS) is 16.9. The molecule has 0 unspecified atom stereocenters. The molecule has 8 nitrogen and oxygen atoms in total. The molecule has 33 heavy (non-hydrogen) atoms. The number of amides is 2. The number of nitrogens with two attached hydrogens (primary N) is 1. The number of methoxy groups -OCH3 is 1. The Morgan fingerprint density at radius 2 is 1.76 bits per heavy atom. The van der Waals surface area contributed by atoms with Gasteiger partial charge in [-0.2, -0.15) is 5.10 Å². The highest BCUT2D eigenvalue weighted by Crippen LogP contribution is 2.30. The van der Waals surface area contributed by atoms with Crippen LogP contribution in [0.1, 0.15) is 38.7 Å². The standard InChI is InChI=1S/C24H28N4O4S/c1-4-5-14-32-20-12-8-18(9-13-20)28-22(29)15-21(23(28)30)33-24(25)27-26-16(2)17-6-10-19(31-3)11-7-17/h6-13,21H,4-5,14-15H2,1-3H3,(H2,25,27)/b26-16-/t21-/m0/s1. The van der Waals surface area contributed by atoms with E-state index >= 15 is 0 Å². The van der Waals surface area contributed by atoms with Crippen LogP contribution in [-0.4, -0.2) is 41.7 Å². The van der Waals surface area contributed by atoms with Crippen LogP contribution in [0.25, 0.3) is 0 Å². The lowest BCUT2D eigenvalue weighted by atomic mass is 10.1. The van der Waals surface area contributed by atoms with Gasteiger partial charge in [-0.05, 0) is 67.4 Å². The Kier molecular flexibility index (Phi) is 8.48. The highest BCUT2D eigenvalue weighted by Gasteiger charge is 2.40. The predicted molar refractivity (Wildman–Crippen MR) is 132 cm³/mol. The maximum absolute atomic E-state index is 12.9. The van der Waals surface area contributed by atoms with Crippen LogP contribution >= 0.6 is 11.8 Å². The summed E-state index contributed by atoms with van der Waals surface area (Å²) in [6.45, 7) is 4.54. The van der Waals surface area contributed by atoms with Crippen LogP contribution < -0.4 is 20.1 Å². The average molecular weight is 469 g/mol. The molecule has 0 aliphatic carbocycles. The molecular weight excluding hydrogens is 440 g/mol. The van der Waals surface area contributed by atoms with Gasteiger partial charge in [-0.3, -0.25) is 9.59 Å². The lowest BCUT2D eigenvalue weighted by molar-refractivity contribution is -0.121. The molecule has 1 aliphatic rings. The first-order chi connectivity index (χ1) is 15.9. The number of imide groups is 1. The van der Waals surface area contributed by atoms with E-state index in [9.17, 15) is 9.59 Å². The number of unbranched alkanes of at least 4 members (excludes halogenated alkanes) is 1. The van der Waals surface area contributed by atoms with E-state index in [2.05, 4.69) is 17.1 Å². The molecule has 0 saturated carbocycles. The van der Waals surface area contributed by atoms with Gasteiger partial charge in [-0.25, -0.2) is 4.90 Å². The Bertz CT molecular complexity index is 1040. The lowest BCUT2D eigenvalue weighted by Gasteiger charge is -2.15. The van der Waals surface area contributed by atoms with Crippen LogP contribution in [0.2, 0.25) is 0 Å². The van der Waals surface area contributed by atoms with E-state index in [0.717, 1.165) is 35.9 Å². The summed E-state index contributed by atoms with van der Waals surface area (Å²) in [7, 11) is 1.60. The number of thioether (sulfide) groups is 1. The topological polar surface area (TPSA) is 107 Å². The Labute approximate surface area is 197 Å². The van der Waals surface area contributed by atoms with Gasteiger partial charge in [-0.1, -0.05) is 25.1 Å². The van der Waals surface area contributed by atoms with Gasteiger partial charge in [0.25, 0.3) is 0 Å². The zero-order valence-corrected chi connectivity index (χ0v) is 19.8. The molecule has 2 aromatic rings. The van der Waals surface area contributed by atoms with Crippen LogP contribution in [0.4, 0.5) is 5.69 Å². The zero-order valence-electron chi connectivity index (χ0n) is 19.0. The fourth-order valence-corrected chi connectivity index (χ4v) is 3.99. The summed E-state index contributed by atoms with van der Waals surface area (Å²) in [5, 5.41) is 7.65. The molecule has 1 fully saturated rings.